The molecule has 0 bridgehead atoms. The predicted molar refractivity (Wildman–Crippen MR) is 108 cm³/mol. The van der Waals surface area contributed by atoms with E-state index in [1.807, 2.05) is 4.90 Å². The minimum Gasteiger partial charge on any atom is -0.352 e. The number of rotatable bonds is 6. The Kier molecular flexibility index (Phi) is 7.04. The number of nitrogens with zero attached hydrogens (tertiary/aromatic N) is 2. The number of nitrogens with one attached hydrogen (secondary N) is 1. The Morgan fingerprint density at radius 1 is 1.00 bits per heavy atom. The zero-order valence-electron chi connectivity index (χ0n) is 16.4. The van der Waals surface area contributed by atoms with Gasteiger partial charge in [-0.15, -0.1) is 0 Å². The second-order valence-electron chi connectivity index (χ2n) is 7.42. The molecule has 1 fully saturated rings. The molecule has 146 valence electrons. The Morgan fingerprint density at radius 3 is 2.33 bits per heavy atom. The van der Waals surface area contributed by atoms with Crippen LogP contribution in [-0.2, 0) is 0 Å². The smallest absolute Gasteiger partial charge is 0.253 e. The van der Waals surface area contributed by atoms with Gasteiger partial charge in [-0.25, -0.2) is 0 Å². The fourth-order valence-corrected chi connectivity index (χ4v) is 3.78. The van der Waals surface area contributed by atoms with Crippen LogP contribution in [0.4, 0.5) is 0 Å². The lowest BCUT2D eigenvalue weighted by atomic mass is 9.97. The zero-order valence-corrected chi connectivity index (χ0v) is 16.4. The van der Waals surface area contributed by atoms with Crippen LogP contribution in [0, 0.1) is 0 Å². The molecule has 2 amide bonds. The second kappa shape index (κ2) is 9.70. The number of allylic oxidation sites excluding steroid dienone is 1. The summed E-state index contributed by atoms with van der Waals surface area (Å²) in [6, 6.07) is 7.05. The highest BCUT2D eigenvalue weighted by molar-refractivity contribution is 5.97. The molecule has 0 saturated carbocycles. The van der Waals surface area contributed by atoms with Crippen LogP contribution in [0.3, 0.4) is 0 Å². The van der Waals surface area contributed by atoms with Gasteiger partial charge in [0, 0.05) is 43.9 Å². The largest absolute Gasteiger partial charge is 0.352 e. The maximum atomic E-state index is 12.6. The molecular weight excluding hydrogens is 338 g/mol. The molecule has 1 heterocycles. The van der Waals surface area contributed by atoms with Crippen LogP contribution in [0.1, 0.15) is 59.7 Å². The van der Waals surface area contributed by atoms with E-state index in [2.05, 4.69) is 23.2 Å². The lowest BCUT2D eigenvalue weighted by Gasteiger charge is -2.34. The van der Waals surface area contributed by atoms with E-state index in [1.165, 1.54) is 31.3 Å². The molecule has 2 aliphatic rings. The number of benzene rings is 1. The number of hydrogen-bond acceptors (Lipinski definition) is 3. The Balaban J connectivity index is 1.48. The minimum atomic E-state index is -0.0676. The summed E-state index contributed by atoms with van der Waals surface area (Å²) in [6.45, 7) is 7.25. The molecule has 5 heteroatoms. The number of piperazine rings is 1. The first-order valence-corrected chi connectivity index (χ1v) is 10.2. The molecule has 1 aliphatic heterocycles. The molecule has 1 aromatic rings. The van der Waals surface area contributed by atoms with Crippen molar-refractivity contribution in [1.29, 1.82) is 0 Å². The fraction of sp³-hybridized carbons (Fsp3) is 0.545. The van der Waals surface area contributed by atoms with E-state index >= 15 is 0 Å². The van der Waals surface area contributed by atoms with Crippen LogP contribution >= 0.6 is 0 Å². The van der Waals surface area contributed by atoms with Crippen LogP contribution in [0.25, 0.3) is 0 Å². The standard InChI is InChI=1S/C22H31N3O2/c1-2-24-14-16-25(17-15-24)22(27)20-10-8-19(9-11-20)21(26)23-13-12-18-6-4-3-5-7-18/h6,8-11H,2-5,7,12-17H2,1H3,(H,23,26). The summed E-state index contributed by atoms with van der Waals surface area (Å²) in [5.41, 5.74) is 2.73. The molecule has 1 saturated heterocycles. The number of hydrogen-bond donors (Lipinski definition) is 1. The third kappa shape index (κ3) is 5.42. The van der Waals surface area contributed by atoms with Gasteiger partial charge < -0.3 is 15.1 Å². The van der Waals surface area contributed by atoms with Crippen LogP contribution in [0.5, 0.6) is 0 Å². The number of likely N-dealkylation sites (N-methyl/N-ethyl adjacent to an activating group) is 1. The van der Waals surface area contributed by atoms with Crippen molar-refractivity contribution in [3.05, 3.63) is 47.0 Å². The predicted octanol–water partition coefficient (Wildman–Crippen LogP) is 3.08. The lowest BCUT2D eigenvalue weighted by molar-refractivity contribution is 0.0643. The number of carbonyl (C=O) groups excluding carboxylic acids is 2. The molecule has 3 rings (SSSR count). The van der Waals surface area contributed by atoms with Crippen LogP contribution < -0.4 is 5.32 Å². The Hall–Kier alpha value is -2.14. The van der Waals surface area contributed by atoms with Crippen molar-refractivity contribution >= 4 is 11.8 Å². The van der Waals surface area contributed by atoms with Gasteiger partial charge in [-0.3, -0.25) is 9.59 Å². The Labute approximate surface area is 162 Å². The Bertz CT molecular complexity index is 673. The average Bonchev–Trinajstić information content (AvgIpc) is 2.74. The van der Waals surface area contributed by atoms with Crippen LogP contribution in [0.15, 0.2) is 35.9 Å². The lowest BCUT2D eigenvalue weighted by Crippen LogP contribution is -2.48. The minimum absolute atomic E-state index is 0.0574. The average molecular weight is 370 g/mol. The highest BCUT2D eigenvalue weighted by Gasteiger charge is 2.21. The van der Waals surface area contributed by atoms with Gasteiger partial charge in [0.25, 0.3) is 11.8 Å². The molecule has 1 aromatic carbocycles. The first-order chi connectivity index (χ1) is 13.2. The van der Waals surface area contributed by atoms with Gasteiger partial charge in [0.1, 0.15) is 0 Å². The van der Waals surface area contributed by atoms with E-state index in [1.54, 1.807) is 24.3 Å². The van der Waals surface area contributed by atoms with Crippen molar-refractivity contribution in [2.75, 3.05) is 39.3 Å². The van der Waals surface area contributed by atoms with Crippen molar-refractivity contribution in [1.82, 2.24) is 15.1 Å². The van der Waals surface area contributed by atoms with E-state index < -0.39 is 0 Å². The monoisotopic (exact) mass is 369 g/mol. The molecule has 0 aromatic heterocycles. The molecular formula is C22H31N3O2. The Morgan fingerprint density at radius 2 is 1.70 bits per heavy atom. The SMILES string of the molecule is CCN1CCN(C(=O)c2ccc(C(=O)NCCC3=CCCCC3)cc2)CC1. The summed E-state index contributed by atoms with van der Waals surface area (Å²) < 4.78 is 0. The maximum absolute atomic E-state index is 12.6. The summed E-state index contributed by atoms with van der Waals surface area (Å²) in [7, 11) is 0. The quantitative estimate of drug-likeness (QED) is 0.784. The van der Waals surface area contributed by atoms with Gasteiger partial charge >= 0.3 is 0 Å². The second-order valence-corrected chi connectivity index (χ2v) is 7.42. The topological polar surface area (TPSA) is 52.7 Å². The van der Waals surface area contributed by atoms with Crippen molar-refractivity contribution in [3.63, 3.8) is 0 Å². The molecule has 0 radical (unpaired) electrons. The summed E-state index contributed by atoms with van der Waals surface area (Å²) in [4.78, 5) is 29.2. The van der Waals surface area contributed by atoms with E-state index in [0.29, 0.717) is 17.7 Å². The maximum Gasteiger partial charge on any atom is 0.253 e. The van der Waals surface area contributed by atoms with Crippen molar-refractivity contribution in [2.45, 2.75) is 39.0 Å². The van der Waals surface area contributed by atoms with Crippen LogP contribution in [0.2, 0.25) is 0 Å². The molecule has 0 unspecified atom stereocenters. The van der Waals surface area contributed by atoms with Gasteiger partial charge in [0.05, 0.1) is 0 Å². The molecule has 0 atom stereocenters. The van der Waals surface area contributed by atoms with Crippen molar-refractivity contribution in [3.8, 4) is 0 Å². The van der Waals surface area contributed by atoms with E-state index in [0.717, 1.165) is 39.1 Å². The molecule has 5 nitrogen and oxygen atoms in total. The normalized spacial score (nSPS) is 18.1. The van der Waals surface area contributed by atoms with Crippen LogP contribution in [-0.4, -0.2) is 60.9 Å². The summed E-state index contributed by atoms with van der Waals surface area (Å²) in [6.07, 6.45) is 8.14. The van der Waals surface area contributed by atoms with Crippen molar-refractivity contribution < 1.29 is 9.59 Å². The number of amides is 2. The fourth-order valence-electron chi connectivity index (χ4n) is 3.78. The highest BCUT2D eigenvalue weighted by atomic mass is 16.2. The summed E-state index contributed by atoms with van der Waals surface area (Å²) in [5, 5.41) is 2.99. The molecule has 1 N–H and O–H groups in total. The third-order valence-electron chi connectivity index (χ3n) is 5.62. The first kappa shape index (κ1) is 19.6. The highest BCUT2D eigenvalue weighted by Crippen LogP contribution is 2.19. The van der Waals surface area contributed by atoms with E-state index in [9.17, 15) is 9.59 Å². The van der Waals surface area contributed by atoms with Gasteiger partial charge in [0.2, 0.25) is 0 Å². The zero-order chi connectivity index (χ0) is 19.1. The summed E-state index contributed by atoms with van der Waals surface area (Å²) in [5.74, 6) is -0.0103. The van der Waals surface area contributed by atoms with Gasteiger partial charge in [-0.1, -0.05) is 18.6 Å². The van der Waals surface area contributed by atoms with Gasteiger partial charge in [0.15, 0.2) is 0 Å². The number of carbonyl (C=O) groups is 2. The first-order valence-electron chi connectivity index (χ1n) is 10.2. The van der Waals surface area contributed by atoms with E-state index in [4.69, 9.17) is 0 Å². The van der Waals surface area contributed by atoms with Crippen molar-refractivity contribution in [2.24, 2.45) is 0 Å². The summed E-state index contributed by atoms with van der Waals surface area (Å²) >= 11 is 0. The van der Waals surface area contributed by atoms with Gasteiger partial charge in [-0.05, 0) is 62.9 Å². The third-order valence-corrected chi connectivity index (χ3v) is 5.62. The molecule has 0 spiro atoms. The van der Waals surface area contributed by atoms with Gasteiger partial charge in [-0.2, -0.15) is 0 Å². The van der Waals surface area contributed by atoms with E-state index in [-0.39, 0.29) is 11.8 Å². The molecule has 27 heavy (non-hydrogen) atoms. The molecule has 1 aliphatic carbocycles.